The second-order valence-electron chi connectivity index (χ2n) is 7.21. The minimum Gasteiger partial charge on any atom is -0.368 e. The first-order valence-electron chi connectivity index (χ1n) is 9.66. The lowest BCUT2D eigenvalue weighted by Crippen LogP contribution is -2.40. The number of carbonyl (C=O) groups excluding carboxylic acids is 1. The number of nitrogen functional groups attached to an aromatic ring is 1. The fourth-order valence-electron chi connectivity index (χ4n) is 3.77. The number of likely N-dealkylation sites (tertiary alicyclic amines) is 1. The highest BCUT2D eigenvalue weighted by Gasteiger charge is 2.28. The van der Waals surface area contributed by atoms with Gasteiger partial charge in [0.2, 0.25) is 11.9 Å². The first-order valence-corrected chi connectivity index (χ1v) is 10.0. The first-order chi connectivity index (χ1) is 14.1. The number of rotatable bonds is 4. The molecule has 0 unspecified atom stereocenters. The Bertz CT molecular complexity index is 994. The molecule has 2 aromatic heterocycles. The molecule has 0 aliphatic carbocycles. The zero-order valence-electron chi connectivity index (χ0n) is 16.0. The first kappa shape index (κ1) is 19.3. The highest BCUT2D eigenvalue weighted by molar-refractivity contribution is 6.30. The van der Waals surface area contributed by atoms with Gasteiger partial charge in [0.1, 0.15) is 0 Å². The van der Waals surface area contributed by atoms with E-state index >= 15 is 0 Å². The molecule has 3 heterocycles. The quantitative estimate of drug-likeness (QED) is 0.712. The summed E-state index contributed by atoms with van der Waals surface area (Å²) in [6.45, 7) is 1.36. The van der Waals surface area contributed by atoms with Gasteiger partial charge in [-0.15, -0.1) is 0 Å². The zero-order chi connectivity index (χ0) is 20.2. The molecule has 1 aromatic carbocycles. The molecule has 4 rings (SSSR count). The molecule has 0 spiro atoms. The number of hydrogen-bond donors (Lipinski definition) is 1. The molecule has 2 N–H and O–H groups in total. The highest BCUT2D eigenvalue weighted by atomic mass is 35.5. The molecule has 6 nitrogen and oxygen atoms in total. The van der Waals surface area contributed by atoms with Crippen molar-refractivity contribution in [1.82, 2.24) is 19.9 Å². The van der Waals surface area contributed by atoms with E-state index < -0.39 is 0 Å². The molecule has 148 valence electrons. The molecule has 1 atom stereocenters. The van der Waals surface area contributed by atoms with Crippen molar-refractivity contribution in [2.45, 2.75) is 25.2 Å². The van der Waals surface area contributed by atoms with E-state index in [-0.39, 0.29) is 17.8 Å². The Labute approximate surface area is 174 Å². The Hall–Kier alpha value is -2.99. The Kier molecular flexibility index (Phi) is 5.71. The lowest BCUT2D eigenvalue weighted by molar-refractivity contribution is -0.131. The number of halogens is 1. The molecule has 1 amide bonds. The zero-order valence-corrected chi connectivity index (χ0v) is 16.7. The molecule has 1 fully saturated rings. The summed E-state index contributed by atoms with van der Waals surface area (Å²) in [5.41, 5.74) is 9.49. The Balaban J connectivity index is 1.57. The van der Waals surface area contributed by atoms with Crippen LogP contribution in [0.5, 0.6) is 0 Å². The number of nitrogens with zero attached hydrogens (tertiary/aromatic N) is 4. The van der Waals surface area contributed by atoms with Crippen molar-refractivity contribution in [1.29, 1.82) is 0 Å². The van der Waals surface area contributed by atoms with E-state index in [0.29, 0.717) is 18.0 Å². The molecule has 29 heavy (non-hydrogen) atoms. The second-order valence-corrected chi connectivity index (χ2v) is 7.65. The van der Waals surface area contributed by atoms with Crippen LogP contribution < -0.4 is 5.73 Å². The number of pyridine rings is 1. The number of aromatic nitrogens is 3. The van der Waals surface area contributed by atoms with Gasteiger partial charge < -0.3 is 10.6 Å². The average Bonchev–Trinajstić information content (AvgIpc) is 2.75. The van der Waals surface area contributed by atoms with Crippen molar-refractivity contribution in [3.8, 4) is 11.1 Å². The molecule has 3 aromatic rings. The molecule has 0 saturated carbocycles. The van der Waals surface area contributed by atoms with Crippen molar-refractivity contribution in [2.75, 3.05) is 18.8 Å². The summed E-state index contributed by atoms with van der Waals surface area (Å²) in [6, 6.07) is 13.2. The van der Waals surface area contributed by atoms with Crippen LogP contribution in [-0.2, 0) is 11.2 Å². The minimum atomic E-state index is 0.0865. The fourth-order valence-corrected chi connectivity index (χ4v) is 3.89. The van der Waals surface area contributed by atoms with Crippen LogP contribution in [0.2, 0.25) is 5.02 Å². The smallest absolute Gasteiger partial charge is 0.228 e. The molecule has 1 aliphatic rings. The van der Waals surface area contributed by atoms with Crippen LogP contribution >= 0.6 is 11.6 Å². The largest absolute Gasteiger partial charge is 0.368 e. The standard InChI is InChI=1S/C22H22ClN5O/c23-17-8-6-15(7-9-17)19-13-26-22(24)27-21(19)16-4-3-11-28(14-16)20(29)12-18-5-1-2-10-25-18/h1-2,5-10,13,16H,3-4,11-12,14H2,(H2,24,26,27)/t16-/m1/s1. The Morgan fingerprint density at radius 3 is 2.76 bits per heavy atom. The van der Waals surface area contributed by atoms with Gasteiger partial charge in [0.25, 0.3) is 0 Å². The number of benzene rings is 1. The van der Waals surface area contributed by atoms with Gasteiger partial charge in [0.15, 0.2) is 0 Å². The van der Waals surface area contributed by atoms with Gasteiger partial charge in [-0.05, 0) is 42.7 Å². The minimum absolute atomic E-state index is 0.0865. The molecule has 0 bridgehead atoms. The van der Waals surface area contributed by atoms with Crippen molar-refractivity contribution in [3.63, 3.8) is 0 Å². The number of anilines is 1. The summed E-state index contributed by atoms with van der Waals surface area (Å²) in [7, 11) is 0. The summed E-state index contributed by atoms with van der Waals surface area (Å²) in [5.74, 6) is 0.436. The monoisotopic (exact) mass is 407 g/mol. The van der Waals surface area contributed by atoms with Crippen LogP contribution in [0, 0.1) is 0 Å². The van der Waals surface area contributed by atoms with E-state index in [1.165, 1.54) is 0 Å². The predicted octanol–water partition coefficient (Wildman–Crippen LogP) is 3.72. The number of carbonyl (C=O) groups is 1. The van der Waals surface area contributed by atoms with Gasteiger partial charge >= 0.3 is 0 Å². The Morgan fingerprint density at radius 1 is 1.17 bits per heavy atom. The molecular formula is C22H22ClN5O. The predicted molar refractivity (Wildman–Crippen MR) is 113 cm³/mol. The van der Waals surface area contributed by atoms with E-state index in [4.69, 9.17) is 17.3 Å². The van der Waals surface area contributed by atoms with Gasteiger partial charge in [-0.2, -0.15) is 0 Å². The van der Waals surface area contributed by atoms with Crippen LogP contribution in [-0.4, -0.2) is 38.8 Å². The third-order valence-electron chi connectivity index (χ3n) is 5.21. The van der Waals surface area contributed by atoms with Crippen molar-refractivity contribution < 1.29 is 4.79 Å². The average molecular weight is 408 g/mol. The number of hydrogen-bond acceptors (Lipinski definition) is 5. The summed E-state index contributed by atoms with van der Waals surface area (Å²) >= 11 is 6.03. The maximum Gasteiger partial charge on any atom is 0.228 e. The van der Waals surface area contributed by atoms with Crippen LogP contribution in [0.1, 0.15) is 30.1 Å². The maximum atomic E-state index is 12.8. The summed E-state index contributed by atoms with van der Waals surface area (Å²) in [5, 5.41) is 0.677. The van der Waals surface area contributed by atoms with Crippen molar-refractivity contribution in [2.24, 2.45) is 0 Å². The lowest BCUT2D eigenvalue weighted by atomic mass is 9.89. The Morgan fingerprint density at radius 2 is 2.00 bits per heavy atom. The van der Waals surface area contributed by atoms with Gasteiger partial charge in [-0.25, -0.2) is 9.97 Å². The summed E-state index contributed by atoms with van der Waals surface area (Å²) in [4.78, 5) is 27.7. The third kappa shape index (κ3) is 4.54. The van der Waals surface area contributed by atoms with Gasteiger partial charge in [-0.3, -0.25) is 9.78 Å². The van der Waals surface area contributed by atoms with Crippen molar-refractivity contribution >= 4 is 23.5 Å². The summed E-state index contributed by atoms with van der Waals surface area (Å²) in [6.07, 6.45) is 5.65. The van der Waals surface area contributed by atoms with Crippen molar-refractivity contribution in [3.05, 3.63) is 71.3 Å². The van der Waals surface area contributed by atoms with Gasteiger partial charge in [0.05, 0.1) is 12.1 Å². The van der Waals surface area contributed by atoms with E-state index in [2.05, 4.69) is 15.0 Å². The van der Waals surface area contributed by atoms with E-state index in [9.17, 15) is 4.79 Å². The van der Waals surface area contributed by atoms with E-state index in [0.717, 1.165) is 41.9 Å². The lowest BCUT2D eigenvalue weighted by Gasteiger charge is -2.33. The SMILES string of the molecule is Nc1ncc(-c2ccc(Cl)cc2)c([C@@H]2CCCN(C(=O)Cc3ccccn3)C2)n1. The number of amides is 1. The van der Waals surface area contributed by atoms with Crippen LogP contribution in [0.15, 0.2) is 54.9 Å². The highest BCUT2D eigenvalue weighted by Crippen LogP contribution is 2.34. The van der Waals surface area contributed by atoms with Crippen LogP contribution in [0.25, 0.3) is 11.1 Å². The molecular weight excluding hydrogens is 386 g/mol. The second kappa shape index (κ2) is 8.57. The molecule has 1 saturated heterocycles. The van der Waals surface area contributed by atoms with Gasteiger partial charge in [0, 0.05) is 47.7 Å². The third-order valence-corrected chi connectivity index (χ3v) is 5.46. The van der Waals surface area contributed by atoms with Gasteiger partial charge in [-0.1, -0.05) is 29.8 Å². The van der Waals surface area contributed by atoms with Crippen LogP contribution in [0.3, 0.4) is 0 Å². The molecule has 0 radical (unpaired) electrons. The van der Waals surface area contributed by atoms with E-state index in [1.807, 2.05) is 47.4 Å². The number of nitrogens with two attached hydrogens (primary N) is 1. The molecule has 7 heteroatoms. The number of piperidine rings is 1. The molecule has 1 aliphatic heterocycles. The normalized spacial score (nSPS) is 16.6. The van der Waals surface area contributed by atoms with E-state index in [1.54, 1.807) is 12.4 Å². The maximum absolute atomic E-state index is 12.8. The topological polar surface area (TPSA) is 85.0 Å². The van der Waals surface area contributed by atoms with Crippen LogP contribution in [0.4, 0.5) is 5.95 Å². The fraction of sp³-hybridized carbons (Fsp3) is 0.273. The summed E-state index contributed by atoms with van der Waals surface area (Å²) < 4.78 is 0.